The summed E-state index contributed by atoms with van der Waals surface area (Å²) in [4.78, 5) is 41.8. The van der Waals surface area contributed by atoms with Crippen molar-refractivity contribution >= 4 is 17.7 Å². The third-order valence-electron chi connectivity index (χ3n) is 5.76. The molecule has 3 fully saturated rings. The topological polar surface area (TPSA) is 93.2 Å². The van der Waals surface area contributed by atoms with Crippen molar-refractivity contribution in [3.63, 3.8) is 0 Å². The maximum atomic E-state index is 12.5. The van der Waals surface area contributed by atoms with Gasteiger partial charge in [0.1, 0.15) is 0 Å². The quantitative estimate of drug-likeness (QED) is 0.668. The molecule has 0 aromatic rings. The molecule has 2 atom stereocenters. The van der Waals surface area contributed by atoms with Crippen LogP contribution in [0.15, 0.2) is 0 Å². The van der Waals surface area contributed by atoms with Crippen LogP contribution in [0.2, 0.25) is 0 Å². The zero-order valence-electron chi connectivity index (χ0n) is 15.9. The number of amides is 3. The minimum absolute atomic E-state index is 0.0213. The molecule has 0 aromatic heterocycles. The van der Waals surface area contributed by atoms with E-state index < -0.39 is 0 Å². The van der Waals surface area contributed by atoms with Gasteiger partial charge in [0, 0.05) is 64.6 Å². The Hall–Kier alpha value is -1.67. The van der Waals surface area contributed by atoms with Crippen LogP contribution in [0.1, 0.15) is 33.6 Å². The van der Waals surface area contributed by atoms with Crippen molar-refractivity contribution in [1.82, 2.24) is 20.0 Å². The van der Waals surface area contributed by atoms with E-state index in [9.17, 15) is 19.5 Å². The van der Waals surface area contributed by atoms with E-state index in [4.69, 9.17) is 0 Å². The van der Waals surface area contributed by atoms with Crippen molar-refractivity contribution in [2.45, 2.75) is 51.3 Å². The molecule has 0 bridgehead atoms. The molecular weight excluding hydrogens is 336 g/mol. The second kappa shape index (κ2) is 7.15. The molecule has 8 nitrogen and oxygen atoms in total. The second-order valence-electron chi connectivity index (χ2n) is 8.28. The van der Waals surface area contributed by atoms with Crippen LogP contribution in [0.4, 0.5) is 0 Å². The van der Waals surface area contributed by atoms with Gasteiger partial charge in [0.05, 0.1) is 11.6 Å². The first-order valence-electron chi connectivity index (χ1n) is 9.47. The number of nitrogens with zero attached hydrogens (tertiary/aromatic N) is 3. The van der Waals surface area contributed by atoms with E-state index in [2.05, 4.69) is 10.2 Å². The van der Waals surface area contributed by atoms with Gasteiger partial charge in [-0.1, -0.05) is 13.8 Å². The molecule has 26 heavy (non-hydrogen) atoms. The number of aliphatic hydroxyl groups is 1. The van der Waals surface area contributed by atoms with E-state index in [1.54, 1.807) is 4.90 Å². The van der Waals surface area contributed by atoms with Crippen LogP contribution in [0, 0.1) is 5.92 Å². The van der Waals surface area contributed by atoms with Gasteiger partial charge in [-0.25, -0.2) is 0 Å². The third-order valence-corrected chi connectivity index (χ3v) is 5.76. The average molecular weight is 366 g/mol. The van der Waals surface area contributed by atoms with Gasteiger partial charge in [-0.2, -0.15) is 0 Å². The molecule has 1 spiro atoms. The van der Waals surface area contributed by atoms with E-state index in [1.807, 2.05) is 18.7 Å². The van der Waals surface area contributed by atoms with Gasteiger partial charge in [-0.3, -0.25) is 19.3 Å². The molecule has 3 heterocycles. The number of aliphatic hydroxyl groups excluding tert-OH is 1. The molecule has 3 aliphatic rings. The lowest BCUT2D eigenvalue weighted by Crippen LogP contribution is -2.79. The van der Waals surface area contributed by atoms with Crippen LogP contribution in [-0.4, -0.2) is 94.5 Å². The Morgan fingerprint density at radius 1 is 1.15 bits per heavy atom. The van der Waals surface area contributed by atoms with Gasteiger partial charge >= 0.3 is 0 Å². The predicted molar refractivity (Wildman–Crippen MR) is 95.1 cm³/mol. The summed E-state index contributed by atoms with van der Waals surface area (Å²) in [5.41, 5.74) is -0.241. The van der Waals surface area contributed by atoms with E-state index in [0.717, 1.165) is 0 Å². The summed E-state index contributed by atoms with van der Waals surface area (Å²) in [5, 5.41) is 12.8. The highest BCUT2D eigenvalue weighted by Gasteiger charge is 2.57. The van der Waals surface area contributed by atoms with Crippen molar-refractivity contribution in [2.24, 2.45) is 5.92 Å². The van der Waals surface area contributed by atoms with Crippen molar-refractivity contribution in [1.29, 1.82) is 0 Å². The maximum Gasteiger partial charge on any atom is 0.225 e. The fourth-order valence-corrected chi connectivity index (χ4v) is 4.57. The van der Waals surface area contributed by atoms with E-state index >= 15 is 0 Å². The Morgan fingerprint density at radius 2 is 1.81 bits per heavy atom. The smallest absolute Gasteiger partial charge is 0.225 e. The number of rotatable bonds is 4. The summed E-state index contributed by atoms with van der Waals surface area (Å²) < 4.78 is 0. The van der Waals surface area contributed by atoms with Crippen molar-refractivity contribution in [3.05, 3.63) is 0 Å². The minimum atomic E-state index is -0.365. The van der Waals surface area contributed by atoms with E-state index in [0.29, 0.717) is 45.7 Å². The predicted octanol–water partition coefficient (Wildman–Crippen LogP) is -0.973. The van der Waals surface area contributed by atoms with Gasteiger partial charge in [-0.15, -0.1) is 0 Å². The number of carbonyl (C=O) groups is 3. The Morgan fingerprint density at radius 3 is 2.42 bits per heavy atom. The lowest BCUT2D eigenvalue weighted by atomic mass is 9.83. The van der Waals surface area contributed by atoms with Crippen molar-refractivity contribution in [2.75, 3.05) is 39.3 Å². The Labute approximate surface area is 154 Å². The van der Waals surface area contributed by atoms with Gasteiger partial charge in [0.25, 0.3) is 0 Å². The number of β-amino-alcohol motifs (C(OH)–C–C–N with tert-alkyl or cyclic N) is 1. The van der Waals surface area contributed by atoms with Gasteiger partial charge in [-0.05, 0) is 6.42 Å². The fourth-order valence-electron chi connectivity index (χ4n) is 4.57. The molecule has 0 aliphatic carbocycles. The largest absolute Gasteiger partial charge is 0.392 e. The molecule has 0 saturated carbocycles. The van der Waals surface area contributed by atoms with Crippen molar-refractivity contribution < 1.29 is 19.5 Å². The highest BCUT2D eigenvalue weighted by molar-refractivity contribution is 5.80. The number of nitrogens with one attached hydrogen (secondary N) is 1. The van der Waals surface area contributed by atoms with Crippen LogP contribution >= 0.6 is 0 Å². The molecule has 0 aromatic carbocycles. The first kappa shape index (κ1) is 19.1. The summed E-state index contributed by atoms with van der Waals surface area (Å²) in [6.07, 6.45) is 0.603. The molecule has 0 unspecified atom stereocenters. The second-order valence-corrected chi connectivity index (χ2v) is 8.28. The summed E-state index contributed by atoms with van der Waals surface area (Å²) in [5.74, 6) is -0.0314. The van der Waals surface area contributed by atoms with Gasteiger partial charge in [0.2, 0.25) is 17.7 Å². The monoisotopic (exact) mass is 366 g/mol. The number of hydrogen-bond acceptors (Lipinski definition) is 5. The minimum Gasteiger partial charge on any atom is -0.392 e. The SMILES string of the molecule is CC(=O)NCCC(=O)N1CC2(C1)CN(C(=O)C(C)C)C[C@H]1C[C@@H](O)CN12. The molecule has 3 rings (SSSR count). The Balaban J connectivity index is 1.64. The highest BCUT2D eigenvalue weighted by Crippen LogP contribution is 2.39. The number of piperazine rings is 1. The number of carbonyl (C=O) groups excluding carboxylic acids is 3. The number of hydrogen-bond donors (Lipinski definition) is 2. The van der Waals surface area contributed by atoms with Crippen LogP contribution in [0.5, 0.6) is 0 Å². The average Bonchev–Trinajstić information content (AvgIpc) is 2.90. The molecular formula is C18H30N4O4. The lowest BCUT2D eigenvalue weighted by Gasteiger charge is -2.61. The summed E-state index contributed by atoms with van der Waals surface area (Å²) in [6, 6.07) is 0.165. The molecule has 8 heteroatoms. The number of likely N-dealkylation sites (tertiary alicyclic amines) is 1. The van der Waals surface area contributed by atoms with Crippen LogP contribution < -0.4 is 5.32 Å². The molecule has 3 amide bonds. The first-order chi connectivity index (χ1) is 12.2. The van der Waals surface area contributed by atoms with E-state index in [-0.39, 0.29) is 47.7 Å². The van der Waals surface area contributed by atoms with Crippen molar-refractivity contribution in [3.8, 4) is 0 Å². The van der Waals surface area contributed by atoms with E-state index in [1.165, 1.54) is 6.92 Å². The van der Waals surface area contributed by atoms with Crippen LogP contribution in [0.25, 0.3) is 0 Å². The fraction of sp³-hybridized carbons (Fsp3) is 0.833. The maximum absolute atomic E-state index is 12.5. The Bertz CT molecular complexity index is 588. The molecule has 0 radical (unpaired) electrons. The lowest BCUT2D eigenvalue weighted by molar-refractivity contribution is -0.163. The summed E-state index contributed by atoms with van der Waals surface area (Å²) in [6.45, 7) is 8.64. The van der Waals surface area contributed by atoms with Crippen LogP contribution in [0.3, 0.4) is 0 Å². The highest BCUT2D eigenvalue weighted by atomic mass is 16.3. The Kier molecular flexibility index (Phi) is 5.25. The zero-order chi connectivity index (χ0) is 19.1. The standard InChI is InChI=1S/C18H30N4O4/c1-12(2)17(26)20-7-14-6-15(24)8-22(14)18(9-20)10-21(11-18)16(25)4-5-19-13(3)23/h12,14-15,24H,4-11H2,1-3H3,(H,19,23)/t14-,15-/m1/s1. The number of fused-ring (bicyclic) bond motifs is 2. The first-order valence-corrected chi connectivity index (χ1v) is 9.47. The third kappa shape index (κ3) is 3.57. The molecule has 3 aliphatic heterocycles. The molecule has 2 N–H and O–H groups in total. The molecule has 3 saturated heterocycles. The van der Waals surface area contributed by atoms with Crippen LogP contribution in [-0.2, 0) is 14.4 Å². The zero-order valence-corrected chi connectivity index (χ0v) is 15.9. The molecule has 146 valence electrons. The normalized spacial score (nSPS) is 27.4. The van der Waals surface area contributed by atoms with Gasteiger partial charge in [0.15, 0.2) is 0 Å². The summed E-state index contributed by atoms with van der Waals surface area (Å²) in [7, 11) is 0. The van der Waals surface area contributed by atoms with Gasteiger partial charge < -0.3 is 20.2 Å². The summed E-state index contributed by atoms with van der Waals surface area (Å²) >= 11 is 0.